The second-order valence-corrected chi connectivity index (χ2v) is 2.05. The van der Waals surface area contributed by atoms with E-state index in [9.17, 15) is 13.2 Å². The van der Waals surface area contributed by atoms with E-state index in [-0.39, 0.29) is 11.2 Å². The smallest absolute Gasteiger partial charge is 0.416 e. The highest BCUT2D eigenvalue weighted by Crippen LogP contribution is 2.30. The zero-order valence-electron chi connectivity index (χ0n) is 5.89. The highest BCUT2D eigenvalue weighted by molar-refractivity contribution is 5.28. The Balaban J connectivity index is 0.00000121. The summed E-state index contributed by atoms with van der Waals surface area (Å²) in [6.45, 7) is 0. The van der Waals surface area contributed by atoms with Crippen LogP contribution in [0.1, 0.15) is 5.56 Å². The summed E-state index contributed by atoms with van der Waals surface area (Å²) in [6, 6.07) is 3.92. The first-order chi connectivity index (χ1) is 5.00. The number of benzene rings is 1. The van der Waals surface area contributed by atoms with E-state index < -0.39 is 11.7 Å². The van der Waals surface area contributed by atoms with Crippen molar-refractivity contribution in [1.29, 1.82) is 0 Å². The molecule has 0 atom stereocenters. The van der Waals surface area contributed by atoms with Gasteiger partial charge in [-0.05, 0) is 18.2 Å². The van der Waals surface area contributed by atoms with Crippen molar-refractivity contribution >= 4 is 0 Å². The van der Waals surface area contributed by atoms with Crippen molar-refractivity contribution in [3.63, 3.8) is 0 Å². The molecule has 0 aromatic heterocycles. The first kappa shape index (κ1) is 10.8. The Morgan fingerprint density at radius 1 is 1.17 bits per heavy atom. The van der Waals surface area contributed by atoms with Crippen LogP contribution in [0.5, 0.6) is 5.75 Å². The molecule has 68 valence electrons. The van der Waals surface area contributed by atoms with Gasteiger partial charge in [0, 0.05) is 0 Å². The molecule has 2 nitrogen and oxygen atoms in total. The lowest BCUT2D eigenvalue weighted by molar-refractivity contribution is -0.137. The van der Waals surface area contributed by atoms with Gasteiger partial charge in [0.1, 0.15) is 5.75 Å². The molecule has 0 saturated carbocycles. The second kappa shape index (κ2) is 3.44. The van der Waals surface area contributed by atoms with Crippen LogP contribution in [0, 0.1) is 0 Å². The summed E-state index contributed by atoms with van der Waals surface area (Å²) in [5.74, 6) is -0.375. The Morgan fingerprint density at radius 2 is 1.75 bits per heavy atom. The van der Waals surface area contributed by atoms with E-state index in [0.717, 1.165) is 12.1 Å². The fourth-order valence-electron chi connectivity index (χ4n) is 0.682. The first-order valence-electron chi connectivity index (χ1n) is 2.86. The molecule has 0 aliphatic carbocycles. The zero-order chi connectivity index (χ0) is 8.48. The van der Waals surface area contributed by atoms with E-state index in [1.165, 1.54) is 6.07 Å². The van der Waals surface area contributed by atoms with E-state index >= 15 is 0 Å². The molecular weight excluding hydrogens is 173 g/mol. The lowest BCUT2D eigenvalue weighted by Gasteiger charge is -2.05. The molecule has 3 N–H and O–H groups in total. The molecule has 1 rings (SSSR count). The Hall–Kier alpha value is -1.23. The summed E-state index contributed by atoms with van der Waals surface area (Å²) in [7, 11) is 0. The van der Waals surface area contributed by atoms with E-state index in [1.54, 1.807) is 0 Å². The summed E-state index contributed by atoms with van der Waals surface area (Å²) in [6.07, 6.45) is -4.38. The number of alkyl halides is 3. The van der Waals surface area contributed by atoms with Crippen molar-refractivity contribution in [2.24, 2.45) is 0 Å². The molecule has 0 bridgehead atoms. The summed E-state index contributed by atoms with van der Waals surface area (Å²) in [5, 5.41) is 8.68. The van der Waals surface area contributed by atoms with Crippen molar-refractivity contribution < 1.29 is 23.8 Å². The first-order valence-corrected chi connectivity index (χ1v) is 2.86. The van der Waals surface area contributed by atoms with Crippen LogP contribution in [-0.2, 0) is 6.18 Å². The van der Waals surface area contributed by atoms with Gasteiger partial charge in [-0.15, -0.1) is 0 Å². The van der Waals surface area contributed by atoms with Crippen LogP contribution in [-0.4, -0.2) is 10.6 Å². The highest BCUT2D eigenvalue weighted by atomic mass is 19.4. The quantitative estimate of drug-likeness (QED) is 0.647. The fourth-order valence-corrected chi connectivity index (χ4v) is 0.682. The Bertz CT molecular complexity index is 257. The SMILES string of the molecule is O.Oc1cccc(C(F)(F)F)c1. The molecule has 0 fully saturated rings. The maximum absolute atomic E-state index is 11.9. The molecule has 0 amide bonds. The lowest BCUT2D eigenvalue weighted by Crippen LogP contribution is -2.03. The van der Waals surface area contributed by atoms with Gasteiger partial charge in [0.15, 0.2) is 0 Å². The summed E-state index contributed by atoms with van der Waals surface area (Å²) in [4.78, 5) is 0. The number of rotatable bonds is 0. The maximum atomic E-state index is 11.9. The largest absolute Gasteiger partial charge is 0.508 e. The van der Waals surface area contributed by atoms with Gasteiger partial charge in [-0.3, -0.25) is 0 Å². The van der Waals surface area contributed by atoms with Crippen LogP contribution >= 0.6 is 0 Å². The van der Waals surface area contributed by atoms with E-state index in [0.29, 0.717) is 6.07 Å². The van der Waals surface area contributed by atoms with Crippen molar-refractivity contribution in [3.05, 3.63) is 29.8 Å². The summed E-state index contributed by atoms with van der Waals surface area (Å²) in [5.41, 5.74) is -0.836. The number of phenols is 1. The minimum atomic E-state index is -4.38. The van der Waals surface area contributed by atoms with Crippen molar-refractivity contribution in [3.8, 4) is 5.75 Å². The summed E-state index contributed by atoms with van der Waals surface area (Å²) < 4.78 is 35.6. The normalized spacial score (nSPS) is 10.6. The van der Waals surface area contributed by atoms with Crippen molar-refractivity contribution in [2.45, 2.75) is 6.18 Å². The monoisotopic (exact) mass is 180 g/mol. The van der Waals surface area contributed by atoms with Gasteiger partial charge in [0.25, 0.3) is 0 Å². The molecule has 0 aliphatic heterocycles. The van der Waals surface area contributed by atoms with Crippen molar-refractivity contribution in [2.75, 3.05) is 0 Å². The predicted molar refractivity (Wildman–Crippen MR) is 36.7 cm³/mol. The zero-order valence-corrected chi connectivity index (χ0v) is 5.89. The van der Waals surface area contributed by atoms with Crippen LogP contribution in [0.3, 0.4) is 0 Å². The third-order valence-corrected chi connectivity index (χ3v) is 1.17. The molecular formula is C7H7F3O2. The standard InChI is InChI=1S/C7H5F3O.H2O/c8-7(9,10)5-2-1-3-6(11)4-5;/h1-4,11H;1H2. The predicted octanol–water partition coefficient (Wildman–Crippen LogP) is 1.59. The number of hydrogen-bond donors (Lipinski definition) is 1. The molecule has 0 radical (unpaired) electrons. The molecule has 0 saturated heterocycles. The van der Waals surface area contributed by atoms with Gasteiger partial charge in [-0.25, -0.2) is 0 Å². The van der Waals surface area contributed by atoms with E-state index in [4.69, 9.17) is 5.11 Å². The average Bonchev–Trinajstić information content (AvgIpc) is 1.86. The van der Waals surface area contributed by atoms with Gasteiger partial charge < -0.3 is 10.6 Å². The minimum absolute atomic E-state index is 0. The van der Waals surface area contributed by atoms with E-state index in [1.807, 2.05) is 0 Å². The molecule has 0 spiro atoms. The highest BCUT2D eigenvalue weighted by Gasteiger charge is 2.30. The maximum Gasteiger partial charge on any atom is 0.416 e. The van der Waals surface area contributed by atoms with Crippen LogP contribution < -0.4 is 0 Å². The second-order valence-electron chi connectivity index (χ2n) is 2.05. The van der Waals surface area contributed by atoms with Gasteiger partial charge in [0.2, 0.25) is 0 Å². The number of aromatic hydroxyl groups is 1. The number of hydrogen-bond acceptors (Lipinski definition) is 1. The van der Waals surface area contributed by atoms with Crippen molar-refractivity contribution in [1.82, 2.24) is 0 Å². The number of halogens is 3. The lowest BCUT2D eigenvalue weighted by atomic mass is 10.2. The molecule has 1 aromatic carbocycles. The molecule has 12 heavy (non-hydrogen) atoms. The van der Waals surface area contributed by atoms with Crippen LogP contribution in [0.2, 0.25) is 0 Å². The Kier molecular flexibility index (Phi) is 3.09. The Morgan fingerprint density at radius 3 is 2.08 bits per heavy atom. The van der Waals surface area contributed by atoms with Gasteiger partial charge in [-0.2, -0.15) is 13.2 Å². The molecule has 5 heteroatoms. The molecule has 0 aliphatic rings. The third kappa shape index (κ3) is 2.43. The topological polar surface area (TPSA) is 51.7 Å². The van der Waals surface area contributed by atoms with Crippen LogP contribution in [0.15, 0.2) is 24.3 Å². The number of phenolic OH excluding ortho intramolecular Hbond substituents is 1. The van der Waals surface area contributed by atoms with Gasteiger partial charge in [0.05, 0.1) is 5.56 Å². The average molecular weight is 180 g/mol. The van der Waals surface area contributed by atoms with Gasteiger partial charge in [-0.1, -0.05) is 6.07 Å². The van der Waals surface area contributed by atoms with Crippen LogP contribution in [0.4, 0.5) is 13.2 Å². The van der Waals surface area contributed by atoms with Crippen LogP contribution in [0.25, 0.3) is 0 Å². The van der Waals surface area contributed by atoms with Gasteiger partial charge >= 0.3 is 6.18 Å². The van der Waals surface area contributed by atoms with E-state index in [2.05, 4.69) is 0 Å². The molecule has 0 unspecified atom stereocenters. The molecule has 0 heterocycles. The minimum Gasteiger partial charge on any atom is -0.508 e. The summed E-state index contributed by atoms with van der Waals surface area (Å²) >= 11 is 0. The third-order valence-electron chi connectivity index (χ3n) is 1.17. The fraction of sp³-hybridized carbons (Fsp3) is 0.143. The Labute approximate surface area is 66.6 Å². The molecule has 1 aromatic rings.